The Kier molecular flexibility index (Phi) is 4.92. The first-order valence-corrected chi connectivity index (χ1v) is 9.78. The van der Waals surface area contributed by atoms with E-state index < -0.39 is 35.5 Å². The van der Waals surface area contributed by atoms with Crippen LogP contribution >= 0.6 is 0 Å². The third-order valence-electron chi connectivity index (χ3n) is 5.52. The maximum Gasteiger partial charge on any atom is 0.416 e. The standard InChI is InChI=1S/C22H23F3N2O3/c1-21(2)11-18(15-7-6-13(22(23,24)25)9-19(15)30-21)27-20(29)26-17-5-3-4-12-8-14(28)10-16(12)17/h3-7,9,14,18,28H,8,10-11H2,1-2H3,(H2,26,27,29)/t14-,18-/m1/s1. The molecule has 0 radical (unpaired) electrons. The van der Waals surface area contributed by atoms with Crippen molar-refractivity contribution in [1.29, 1.82) is 0 Å². The van der Waals surface area contributed by atoms with Gasteiger partial charge in [0, 0.05) is 24.1 Å². The smallest absolute Gasteiger partial charge is 0.416 e. The first-order chi connectivity index (χ1) is 14.0. The van der Waals surface area contributed by atoms with Gasteiger partial charge in [-0.3, -0.25) is 0 Å². The minimum Gasteiger partial charge on any atom is -0.487 e. The van der Waals surface area contributed by atoms with Crippen molar-refractivity contribution in [3.8, 4) is 5.75 Å². The van der Waals surface area contributed by atoms with Crippen LogP contribution in [0.2, 0.25) is 0 Å². The van der Waals surface area contributed by atoms with E-state index >= 15 is 0 Å². The zero-order valence-electron chi connectivity index (χ0n) is 16.6. The fourth-order valence-corrected chi connectivity index (χ4v) is 4.22. The van der Waals surface area contributed by atoms with Gasteiger partial charge in [0.2, 0.25) is 0 Å². The van der Waals surface area contributed by atoms with Crippen LogP contribution in [0.25, 0.3) is 0 Å². The van der Waals surface area contributed by atoms with Crippen molar-refractivity contribution < 1.29 is 27.8 Å². The molecular formula is C22H23F3N2O3. The summed E-state index contributed by atoms with van der Waals surface area (Å²) >= 11 is 0. The number of anilines is 1. The summed E-state index contributed by atoms with van der Waals surface area (Å²) in [5.41, 5.74) is 1.50. The fraction of sp³-hybridized carbons (Fsp3) is 0.409. The van der Waals surface area contributed by atoms with E-state index in [1.54, 1.807) is 19.9 Å². The molecule has 30 heavy (non-hydrogen) atoms. The maximum atomic E-state index is 13.1. The third-order valence-corrected chi connectivity index (χ3v) is 5.52. The second kappa shape index (κ2) is 7.19. The highest BCUT2D eigenvalue weighted by Gasteiger charge is 2.38. The molecule has 3 N–H and O–H groups in total. The van der Waals surface area contributed by atoms with Crippen molar-refractivity contribution in [3.63, 3.8) is 0 Å². The van der Waals surface area contributed by atoms with E-state index in [0.29, 0.717) is 30.5 Å². The number of alkyl halides is 3. The van der Waals surface area contributed by atoms with Crippen molar-refractivity contribution in [2.45, 2.75) is 57.0 Å². The van der Waals surface area contributed by atoms with Crippen molar-refractivity contribution in [2.75, 3.05) is 5.32 Å². The molecule has 8 heteroatoms. The molecule has 0 saturated carbocycles. The van der Waals surface area contributed by atoms with E-state index in [-0.39, 0.29) is 5.75 Å². The summed E-state index contributed by atoms with van der Waals surface area (Å²) in [5.74, 6) is 0.120. The first kappa shape index (κ1) is 20.5. The van der Waals surface area contributed by atoms with Crippen LogP contribution in [0.3, 0.4) is 0 Å². The van der Waals surface area contributed by atoms with E-state index in [2.05, 4.69) is 10.6 Å². The van der Waals surface area contributed by atoms with Crippen LogP contribution in [0, 0.1) is 0 Å². The molecule has 0 saturated heterocycles. The van der Waals surface area contributed by atoms with E-state index in [1.165, 1.54) is 6.07 Å². The predicted molar refractivity (Wildman–Crippen MR) is 106 cm³/mol. The molecule has 2 aliphatic rings. The number of carbonyl (C=O) groups is 1. The summed E-state index contributed by atoms with van der Waals surface area (Å²) < 4.78 is 45.0. The van der Waals surface area contributed by atoms with Crippen LogP contribution < -0.4 is 15.4 Å². The highest BCUT2D eigenvalue weighted by atomic mass is 19.4. The van der Waals surface area contributed by atoms with Gasteiger partial charge in [-0.25, -0.2) is 4.79 Å². The molecule has 0 unspecified atom stereocenters. The van der Waals surface area contributed by atoms with E-state index in [0.717, 1.165) is 23.3 Å². The summed E-state index contributed by atoms with van der Waals surface area (Å²) in [5, 5.41) is 15.6. The molecule has 1 heterocycles. The van der Waals surface area contributed by atoms with Crippen LogP contribution in [0.1, 0.15) is 48.6 Å². The van der Waals surface area contributed by atoms with Crippen molar-refractivity contribution in [1.82, 2.24) is 5.32 Å². The number of benzene rings is 2. The number of aliphatic hydroxyl groups is 1. The van der Waals surface area contributed by atoms with Crippen LogP contribution in [-0.4, -0.2) is 22.8 Å². The minimum absolute atomic E-state index is 0.120. The number of amides is 2. The van der Waals surface area contributed by atoms with Gasteiger partial charge >= 0.3 is 12.2 Å². The molecule has 0 spiro atoms. The number of hydrogen-bond donors (Lipinski definition) is 3. The van der Waals surface area contributed by atoms with Gasteiger partial charge in [0.25, 0.3) is 0 Å². The van der Waals surface area contributed by atoms with Crippen molar-refractivity contribution in [2.24, 2.45) is 0 Å². The molecule has 2 aromatic rings. The summed E-state index contributed by atoms with van der Waals surface area (Å²) in [6.07, 6.45) is -3.51. The van der Waals surface area contributed by atoms with Crippen molar-refractivity contribution >= 4 is 11.7 Å². The predicted octanol–water partition coefficient (Wildman–Crippen LogP) is 4.59. The average Bonchev–Trinajstić information content (AvgIpc) is 3.00. The summed E-state index contributed by atoms with van der Waals surface area (Å²) in [6.45, 7) is 3.54. The number of hydrogen-bond acceptors (Lipinski definition) is 3. The molecule has 0 aromatic heterocycles. The molecule has 4 rings (SSSR count). The van der Waals surface area contributed by atoms with Crippen LogP contribution in [0.5, 0.6) is 5.75 Å². The molecular weight excluding hydrogens is 397 g/mol. The topological polar surface area (TPSA) is 70.6 Å². The second-order valence-electron chi connectivity index (χ2n) is 8.47. The Balaban J connectivity index is 1.55. The van der Waals surface area contributed by atoms with Gasteiger partial charge in [-0.15, -0.1) is 0 Å². The Morgan fingerprint density at radius 3 is 2.70 bits per heavy atom. The molecule has 2 atom stereocenters. The lowest BCUT2D eigenvalue weighted by molar-refractivity contribution is -0.137. The van der Waals surface area contributed by atoms with Gasteiger partial charge in [0.1, 0.15) is 11.4 Å². The Bertz CT molecular complexity index is 988. The summed E-state index contributed by atoms with van der Waals surface area (Å²) in [4.78, 5) is 12.7. The number of aliphatic hydroxyl groups excluding tert-OH is 1. The number of fused-ring (bicyclic) bond motifs is 2. The largest absolute Gasteiger partial charge is 0.487 e. The number of nitrogens with one attached hydrogen (secondary N) is 2. The Morgan fingerprint density at radius 1 is 1.20 bits per heavy atom. The summed E-state index contributed by atoms with van der Waals surface area (Å²) in [7, 11) is 0. The van der Waals surface area contributed by atoms with Gasteiger partial charge in [-0.05, 0) is 49.6 Å². The lowest BCUT2D eigenvalue weighted by Crippen LogP contribution is -2.42. The molecule has 2 aromatic carbocycles. The Morgan fingerprint density at radius 2 is 1.97 bits per heavy atom. The molecule has 1 aliphatic heterocycles. The SMILES string of the molecule is CC1(C)C[C@@H](NC(=O)Nc2cccc3c2C[C@H](O)C3)c2ccc(C(F)(F)F)cc2O1. The fourth-order valence-electron chi connectivity index (χ4n) is 4.22. The number of carbonyl (C=O) groups excluding carboxylic acids is 1. The average molecular weight is 420 g/mol. The van der Waals surface area contributed by atoms with Gasteiger partial charge in [0.05, 0.1) is 17.7 Å². The zero-order chi connectivity index (χ0) is 21.7. The highest BCUT2D eigenvalue weighted by molar-refractivity contribution is 5.90. The van der Waals surface area contributed by atoms with Crippen molar-refractivity contribution in [3.05, 3.63) is 58.7 Å². The van der Waals surface area contributed by atoms with Crippen LogP contribution in [0.15, 0.2) is 36.4 Å². The van der Waals surface area contributed by atoms with Crippen LogP contribution in [-0.2, 0) is 19.0 Å². The molecule has 2 amide bonds. The first-order valence-electron chi connectivity index (χ1n) is 9.78. The lowest BCUT2D eigenvalue weighted by Gasteiger charge is -2.38. The molecule has 160 valence electrons. The highest BCUT2D eigenvalue weighted by Crippen LogP contribution is 2.42. The van der Waals surface area contributed by atoms with Gasteiger partial charge in [-0.1, -0.05) is 18.2 Å². The van der Waals surface area contributed by atoms with Gasteiger partial charge in [0.15, 0.2) is 0 Å². The molecule has 0 bridgehead atoms. The minimum atomic E-state index is -4.47. The zero-order valence-corrected chi connectivity index (χ0v) is 16.6. The lowest BCUT2D eigenvalue weighted by atomic mass is 9.89. The van der Waals surface area contributed by atoms with E-state index in [9.17, 15) is 23.1 Å². The number of halogens is 3. The normalized spacial score (nSPS) is 21.9. The van der Waals surface area contributed by atoms with Gasteiger partial charge in [-0.2, -0.15) is 13.2 Å². The van der Waals surface area contributed by atoms with E-state index in [1.807, 2.05) is 12.1 Å². The second-order valence-corrected chi connectivity index (χ2v) is 8.47. The van der Waals surface area contributed by atoms with E-state index in [4.69, 9.17) is 4.74 Å². The molecule has 0 fully saturated rings. The Hall–Kier alpha value is -2.74. The number of urea groups is 1. The summed E-state index contributed by atoms with van der Waals surface area (Å²) in [6, 6.07) is 7.88. The quantitative estimate of drug-likeness (QED) is 0.666. The molecule has 5 nitrogen and oxygen atoms in total. The number of rotatable bonds is 2. The number of ether oxygens (including phenoxy) is 1. The maximum absolute atomic E-state index is 13.1. The van der Waals surface area contributed by atoms with Crippen LogP contribution in [0.4, 0.5) is 23.7 Å². The monoisotopic (exact) mass is 420 g/mol. The third kappa shape index (κ3) is 4.09. The Labute approximate surface area is 172 Å². The molecule has 1 aliphatic carbocycles. The van der Waals surface area contributed by atoms with Gasteiger partial charge < -0.3 is 20.5 Å².